The van der Waals surface area contributed by atoms with Crippen LogP contribution in [0.2, 0.25) is 0 Å². The summed E-state index contributed by atoms with van der Waals surface area (Å²) in [6.45, 7) is 0. The van der Waals surface area contributed by atoms with Gasteiger partial charge in [0, 0.05) is 0 Å². The number of nitrogens with zero attached hydrogens (tertiary/aromatic N) is 1. The predicted molar refractivity (Wildman–Crippen MR) is 55.4 cm³/mol. The van der Waals surface area contributed by atoms with Crippen LogP contribution in [-0.2, 0) is 0 Å². The van der Waals surface area contributed by atoms with Crippen LogP contribution < -0.4 is 5.56 Å². The first-order chi connectivity index (χ1) is 7.13. The predicted octanol–water partition coefficient (Wildman–Crippen LogP) is 1.64. The van der Waals surface area contributed by atoms with Gasteiger partial charge in [0.1, 0.15) is 5.52 Å². The third-order valence-corrected chi connectivity index (χ3v) is 2.51. The van der Waals surface area contributed by atoms with E-state index in [2.05, 4.69) is 25.9 Å². The Balaban J connectivity index is 2.93. The Hall–Kier alpha value is -1.56. The van der Waals surface area contributed by atoms with Crippen molar-refractivity contribution in [3.8, 4) is 0 Å². The van der Waals surface area contributed by atoms with E-state index in [4.69, 9.17) is 0 Å². The Bertz CT molecular complexity index is 609. The summed E-state index contributed by atoms with van der Waals surface area (Å²) in [5.74, 6) is -0.602. The number of H-pyrrole nitrogens is 1. The smallest absolute Gasteiger partial charge is 0.277 e. The molecule has 2 rings (SSSR count). The lowest BCUT2D eigenvalue weighted by atomic mass is 10.3. The van der Waals surface area contributed by atoms with Gasteiger partial charge < -0.3 is 4.98 Å². The third-order valence-electron chi connectivity index (χ3n) is 1.90. The number of rotatable bonds is 1. The van der Waals surface area contributed by atoms with Crippen LogP contribution in [0.4, 0.5) is 4.39 Å². The molecule has 1 aromatic carbocycles. The van der Waals surface area contributed by atoms with Gasteiger partial charge in [-0.15, -0.1) is 0 Å². The van der Waals surface area contributed by atoms with E-state index in [1.54, 1.807) is 0 Å². The fourth-order valence-electron chi connectivity index (χ4n) is 1.19. The van der Waals surface area contributed by atoms with E-state index in [0.29, 0.717) is 6.29 Å². The Morgan fingerprint density at radius 2 is 2.20 bits per heavy atom. The standard InChI is InChI=1S/C9H4BrFN2O2/c10-4-1-2-5-8(7(4)11)13-9(15)6(3-14)12-5/h1-3H,(H,13,15). The minimum Gasteiger partial charge on any atom is -0.316 e. The van der Waals surface area contributed by atoms with E-state index in [-0.39, 0.29) is 21.2 Å². The molecule has 6 heteroatoms. The van der Waals surface area contributed by atoms with Crippen molar-refractivity contribution in [3.63, 3.8) is 0 Å². The van der Waals surface area contributed by atoms with E-state index in [1.807, 2.05) is 0 Å². The second kappa shape index (κ2) is 3.54. The Labute approximate surface area is 91.3 Å². The normalized spacial score (nSPS) is 10.5. The highest BCUT2D eigenvalue weighted by Crippen LogP contribution is 2.21. The van der Waals surface area contributed by atoms with Gasteiger partial charge in [-0.25, -0.2) is 9.37 Å². The first kappa shape index (κ1) is 9.97. The first-order valence-corrected chi connectivity index (χ1v) is 4.76. The van der Waals surface area contributed by atoms with Crippen LogP contribution in [0.1, 0.15) is 10.5 Å². The molecule has 0 unspecified atom stereocenters. The van der Waals surface area contributed by atoms with Gasteiger partial charge in [0.05, 0.1) is 9.99 Å². The molecule has 1 heterocycles. The number of aldehydes is 1. The van der Waals surface area contributed by atoms with Crippen molar-refractivity contribution in [3.05, 3.63) is 38.5 Å². The lowest BCUT2D eigenvalue weighted by Crippen LogP contribution is -2.15. The SMILES string of the molecule is O=Cc1nc2ccc(Br)c(F)c2[nH]c1=O. The minimum atomic E-state index is -0.700. The molecular formula is C9H4BrFN2O2. The van der Waals surface area contributed by atoms with Gasteiger partial charge in [0.2, 0.25) is 0 Å². The molecule has 0 aliphatic heterocycles. The summed E-state index contributed by atoms with van der Waals surface area (Å²) < 4.78 is 13.7. The number of aromatic nitrogens is 2. The zero-order valence-corrected chi connectivity index (χ0v) is 8.84. The van der Waals surface area contributed by atoms with E-state index in [0.717, 1.165) is 0 Å². The molecule has 4 nitrogen and oxygen atoms in total. The quantitative estimate of drug-likeness (QED) is 0.802. The number of benzene rings is 1. The van der Waals surface area contributed by atoms with Crippen molar-refractivity contribution >= 4 is 33.2 Å². The van der Waals surface area contributed by atoms with E-state index in [1.165, 1.54) is 12.1 Å². The van der Waals surface area contributed by atoms with E-state index in [9.17, 15) is 14.0 Å². The number of hydrogen-bond donors (Lipinski definition) is 1. The molecule has 76 valence electrons. The Kier molecular flexibility index (Phi) is 2.36. The van der Waals surface area contributed by atoms with Gasteiger partial charge in [-0.1, -0.05) is 0 Å². The summed E-state index contributed by atoms with van der Waals surface area (Å²) in [5.41, 5.74) is -0.740. The molecule has 0 fully saturated rings. The Morgan fingerprint density at radius 3 is 2.87 bits per heavy atom. The number of halogens is 2. The van der Waals surface area contributed by atoms with E-state index >= 15 is 0 Å². The van der Waals surface area contributed by atoms with Crippen molar-refractivity contribution in [2.45, 2.75) is 0 Å². The number of aromatic amines is 1. The maximum Gasteiger partial charge on any atom is 0.277 e. The second-order valence-corrected chi connectivity index (χ2v) is 3.68. The number of fused-ring (bicyclic) bond motifs is 1. The highest BCUT2D eigenvalue weighted by atomic mass is 79.9. The fourth-order valence-corrected chi connectivity index (χ4v) is 1.52. The molecule has 0 saturated heterocycles. The molecule has 0 atom stereocenters. The average molecular weight is 271 g/mol. The molecule has 2 aromatic rings. The van der Waals surface area contributed by atoms with Crippen LogP contribution in [0.3, 0.4) is 0 Å². The zero-order chi connectivity index (χ0) is 11.0. The van der Waals surface area contributed by atoms with Gasteiger partial charge in [-0.3, -0.25) is 9.59 Å². The summed E-state index contributed by atoms with van der Waals surface area (Å²) >= 11 is 2.98. The lowest BCUT2D eigenvalue weighted by molar-refractivity contribution is 0.111. The molecule has 15 heavy (non-hydrogen) atoms. The maximum absolute atomic E-state index is 13.5. The molecule has 0 spiro atoms. The number of carbonyl (C=O) groups excluding carboxylic acids is 1. The summed E-state index contributed by atoms with van der Waals surface area (Å²) in [6, 6.07) is 2.96. The van der Waals surface area contributed by atoms with Crippen molar-refractivity contribution in [2.75, 3.05) is 0 Å². The van der Waals surface area contributed by atoms with Crippen molar-refractivity contribution in [1.82, 2.24) is 9.97 Å². The largest absolute Gasteiger partial charge is 0.316 e. The molecular weight excluding hydrogens is 267 g/mol. The van der Waals surface area contributed by atoms with Crippen LogP contribution in [0.15, 0.2) is 21.4 Å². The monoisotopic (exact) mass is 270 g/mol. The first-order valence-electron chi connectivity index (χ1n) is 3.96. The van der Waals surface area contributed by atoms with Gasteiger partial charge in [0.25, 0.3) is 5.56 Å². The summed E-state index contributed by atoms with van der Waals surface area (Å²) in [6.07, 6.45) is 0.332. The van der Waals surface area contributed by atoms with Gasteiger partial charge in [-0.2, -0.15) is 0 Å². The summed E-state index contributed by atoms with van der Waals surface area (Å²) in [5, 5.41) is 0. The fraction of sp³-hybridized carbons (Fsp3) is 0. The van der Waals surface area contributed by atoms with Crippen molar-refractivity contribution < 1.29 is 9.18 Å². The number of carbonyl (C=O) groups is 1. The molecule has 0 amide bonds. The molecule has 0 aliphatic rings. The van der Waals surface area contributed by atoms with Crippen LogP contribution in [0.25, 0.3) is 11.0 Å². The maximum atomic E-state index is 13.5. The summed E-state index contributed by atoms with van der Waals surface area (Å²) in [4.78, 5) is 27.6. The van der Waals surface area contributed by atoms with Crippen LogP contribution in [0, 0.1) is 5.82 Å². The Morgan fingerprint density at radius 1 is 1.47 bits per heavy atom. The van der Waals surface area contributed by atoms with Crippen LogP contribution >= 0.6 is 15.9 Å². The van der Waals surface area contributed by atoms with E-state index < -0.39 is 11.4 Å². The molecule has 0 saturated carbocycles. The zero-order valence-electron chi connectivity index (χ0n) is 7.25. The molecule has 0 aliphatic carbocycles. The highest BCUT2D eigenvalue weighted by molar-refractivity contribution is 9.10. The van der Waals surface area contributed by atoms with Gasteiger partial charge >= 0.3 is 0 Å². The number of hydrogen-bond acceptors (Lipinski definition) is 3. The van der Waals surface area contributed by atoms with Crippen molar-refractivity contribution in [2.24, 2.45) is 0 Å². The molecule has 1 aromatic heterocycles. The average Bonchev–Trinajstić information content (AvgIpc) is 2.24. The highest BCUT2D eigenvalue weighted by Gasteiger charge is 2.09. The van der Waals surface area contributed by atoms with Gasteiger partial charge in [-0.05, 0) is 28.1 Å². The van der Waals surface area contributed by atoms with Crippen molar-refractivity contribution in [1.29, 1.82) is 0 Å². The molecule has 1 N–H and O–H groups in total. The molecule has 0 radical (unpaired) electrons. The molecule has 0 bridgehead atoms. The second-order valence-electron chi connectivity index (χ2n) is 2.82. The topological polar surface area (TPSA) is 62.8 Å². The third kappa shape index (κ3) is 1.56. The van der Waals surface area contributed by atoms with Crippen LogP contribution in [0.5, 0.6) is 0 Å². The number of nitrogens with one attached hydrogen (secondary N) is 1. The lowest BCUT2D eigenvalue weighted by Gasteiger charge is -2.00. The van der Waals surface area contributed by atoms with Crippen LogP contribution in [-0.4, -0.2) is 16.3 Å². The summed E-state index contributed by atoms with van der Waals surface area (Å²) in [7, 11) is 0. The minimum absolute atomic E-state index is 0.0139. The van der Waals surface area contributed by atoms with Gasteiger partial charge in [0.15, 0.2) is 17.8 Å².